The van der Waals surface area contributed by atoms with Gasteiger partial charge in [-0.3, -0.25) is 4.79 Å². The van der Waals surface area contributed by atoms with Crippen molar-refractivity contribution in [3.8, 4) is 0 Å². The maximum absolute atomic E-state index is 12.2. The topological polar surface area (TPSA) is 58.4 Å². The summed E-state index contributed by atoms with van der Waals surface area (Å²) in [5, 5.41) is 3.09. The van der Waals surface area contributed by atoms with Crippen LogP contribution in [-0.4, -0.2) is 43.5 Å². The Morgan fingerprint density at radius 1 is 1.37 bits per heavy atom. The minimum atomic E-state index is 0.154. The molecular formula is C15H31N3O. The van der Waals surface area contributed by atoms with E-state index in [0.29, 0.717) is 18.5 Å². The number of hydrogen-bond donors (Lipinski definition) is 2. The summed E-state index contributed by atoms with van der Waals surface area (Å²) in [6.07, 6.45) is 5.54. The van der Waals surface area contributed by atoms with E-state index in [9.17, 15) is 4.79 Å². The lowest BCUT2D eigenvalue weighted by molar-refractivity contribution is -0.127. The van der Waals surface area contributed by atoms with Crippen LogP contribution >= 0.6 is 0 Å². The molecule has 4 heteroatoms. The monoisotopic (exact) mass is 269 g/mol. The largest absolute Gasteiger partial charge is 0.356 e. The van der Waals surface area contributed by atoms with Crippen molar-refractivity contribution in [3.05, 3.63) is 0 Å². The summed E-state index contributed by atoms with van der Waals surface area (Å²) in [7, 11) is 2.12. The Bertz CT molecular complexity index is 268. The number of nitrogens with two attached hydrogens (primary N) is 1. The summed E-state index contributed by atoms with van der Waals surface area (Å²) in [6.45, 7) is 6.83. The zero-order valence-electron chi connectivity index (χ0n) is 12.8. The van der Waals surface area contributed by atoms with Crippen molar-refractivity contribution >= 4 is 5.91 Å². The molecule has 19 heavy (non-hydrogen) atoms. The van der Waals surface area contributed by atoms with Crippen LogP contribution in [0.4, 0.5) is 0 Å². The summed E-state index contributed by atoms with van der Waals surface area (Å²) < 4.78 is 0. The highest BCUT2D eigenvalue weighted by Crippen LogP contribution is 2.29. The van der Waals surface area contributed by atoms with Crippen molar-refractivity contribution in [1.82, 2.24) is 10.2 Å². The first-order valence-corrected chi connectivity index (χ1v) is 7.74. The van der Waals surface area contributed by atoms with Gasteiger partial charge in [-0.05, 0) is 59.2 Å². The van der Waals surface area contributed by atoms with Crippen LogP contribution in [0.3, 0.4) is 0 Å². The van der Waals surface area contributed by atoms with Gasteiger partial charge in [-0.25, -0.2) is 0 Å². The van der Waals surface area contributed by atoms with Crippen molar-refractivity contribution in [2.24, 2.45) is 17.6 Å². The molecule has 0 aromatic rings. The van der Waals surface area contributed by atoms with Crippen molar-refractivity contribution in [2.45, 2.75) is 52.0 Å². The summed E-state index contributed by atoms with van der Waals surface area (Å²) in [5.41, 5.74) is 5.77. The van der Waals surface area contributed by atoms with Crippen LogP contribution in [-0.2, 0) is 4.79 Å². The predicted octanol–water partition coefficient (Wildman–Crippen LogP) is 1.60. The van der Waals surface area contributed by atoms with E-state index >= 15 is 0 Å². The molecule has 1 saturated carbocycles. The molecule has 112 valence electrons. The van der Waals surface area contributed by atoms with Gasteiger partial charge < -0.3 is 16.0 Å². The van der Waals surface area contributed by atoms with Crippen molar-refractivity contribution in [1.29, 1.82) is 0 Å². The normalized spacial score (nSPS) is 23.9. The van der Waals surface area contributed by atoms with Gasteiger partial charge in [0.05, 0.1) is 0 Å². The van der Waals surface area contributed by atoms with E-state index in [0.717, 1.165) is 32.4 Å². The Labute approximate surface area is 118 Å². The zero-order chi connectivity index (χ0) is 14.3. The number of nitrogens with one attached hydrogen (secondary N) is 1. The van der Waals surface area contributed by atoms with Gasteiger partial charge >= 0.3 is 0 Å². The van der Waals surface area contributed by atoms with E-state index in [1.165, 1.54) is 12.8 Å². The molecule has 0 heterocycles. The second-order valence-corrected chi connectivity index (χ2v) is 6.11. The van der Waals surface area contributed by atoms with Crippen LogP contribution in [0.25, 0.3) is 0 Å². The molecule has 0 aromatic heterocycles. The molecule has 1 amide bonds. The van der Waals surface area contributed by atoms with Crippen LogP contribution in [0.1, 0.15) is 46.0 Å². The standard InChI is InChI=1S/C15H31N3O/c1-12(2)18(3)10-6-9-17-15(19)14-8-5-4-7-13(14)11-16/h12-14H,4-11,16H2,1-3H3,(H,17,19). The molecule has 0 spiro atoms. The third-order valence-electron chi connectivity index (χ3n) is 4.42. The molecular weight excluding hydrogens is 238 g/mol. The van der Waals surface area contributed by atoms with Gasteiger partial charge in [-0.1, -0.05) is 12.8 Å². The fourth-order valence-electron chi connectivity index (χ4n) is 2.76. The summed E-state index contributed by atoms with van der Waals surface area (Å²) in [5.74, 6) is 0.774. The van der Waals surface area contributed by atoms with Gasteiger partial charge in [0.15, 0.2) is 0 Å². The SMILES string of the molecule is CC(C)N(C)CCCNC(=O)C1CCCCC1CN. The van der Waals surface area contributed by atoms with E-state index in [-0.39, 0.29) is 11.8 Å². The lowest BCUT2D eigenvalue weighted by Crippen LogP contribution is -2.40. The highest BCUT2D eigenvalue weighted by Gasteiger charge is 2.29. The zero-order valence-corrected chi connectivity index (χ0v) is 12.8. The smallest absolute Gasteiger partial charge is 0.223 e. The number of amides is 1. The average molecular weight is 269 g/mol. The summed E-state index contributed by atoms with van der Waals surface area (Å²) in [6, 6.07) is 0.565. The highest BCUT2D eigenvalue weighted by atomic mass is 16.1. The first-order chi connectivity index (χ1) is 9.06. The number of carbonyl (C=O) groups is 1. The summed E-state index contributed by atoms with van der Waals surface area (Å²) in [4.78, 5) is 14.5. The fourth-order valence-corrected chi connectivity index (χ4v) is 2.76. The van der Waals surface area contributed by atoms with E-state index < -0.39 is 0 Å². The third kappa shape index (κ3) is 5.49. The predicted molar refractivity (Wildman–Crippen MR) is 79.9 cm³/mol. The van der Waals surface area contributed by atoms with Crippen LogP contribution in [0.2, 0.25) is 0 Å². The van der Waals surface area contributed by atoms with Gasteiger partial charge in [0.2, 0.25) is 5.91 Å². The minimum absolute atomic E-state index is 0.154. The number of rotatable bonds is 7. The maximum atomic E-state index is 12.2. The van der Waals surface area contributed by atoms with Gasteiger partial charge in [-0.15, -0.1) is 0 Å². The van der Waals surface area contributed by atoms with Crippen molar-refractivity contribution in [3.63, 3.8) is 0 Å². The van der Waals surface area contributed by atoms with E-state index in [1.807, 2.05) is 0 Å². The molecule has 0 bridgehead atoms. The van der Waals surface area contributed by atoms with Gasteiger partial charge in [0, 0.05) is 18.5 Å². The molecule has 2 atom stereocenters. The lowest BCUT2D eigenvalue weighted by atomic mass is 9.79. The highest BCUT2D eigenvalue weighted by molar-refractivity contribution is 5.79. The molecule has 1 aliphatic carbocycles. The van der Waals surface area contributed by atoms with Crippen molar-refractivity contribution < 1.29 is 4.79 Å². The first kappa shape index (κ1) is 16.4. The molecule has 2 unspecified atom stereocenters. The molecule has 0 aliphatic heterocycles. The second-order valence-electron chi connectivity index (χ2n) is 6.11. The first-order valence-electron chi connectivity index (χ1n) is 7.74. The molecule has 4 nitrogen and oxygen atoms in total. The molecule has 3 N–H and O–H groups in total. The third-order valence-corrected chi connectivity index (χ3v) is 4.42. The Morgan fingerprint density at radius 3 is 2.68 bits per heavy atom. The molecule has 0 aromatic carbocycles. The Hall–Kier alpha value is -0.610. The van der Waals surface area contributed by atoms with E-state index in [1.54, 1.807) is 0 Å². The maximum Gasteiger partial charge on any atom is 0.223 e. The number of carbonyl (C=O) groups excluding carboxylic acids is 1. The van der Waals surface area contributed by atoms with Crippen LogP contribution in [0, 0.1) is 11.8 Å². The Morgan fingerprint density at radius 2 is 2.05 bits per heavy atom. The number of nitrogens with zero attached hydrogens (tertiary/aromatic N) is 1. The molecule has 0 saturated heterocycles. The molecule has 1 rings (SSSR count). The Kier molecular flexibility index (Phi) is 7.39. The van der Waals surface area contributed by atoms with Gasteiger partial charge in [-0.2, -0.15) is 0 Å². The molecule has 0 radical (unpaired) electrons. The Balaban J connectivity index is 2.23. The van der Waals surface area contributed by atoms with Gasteiger partial charge in [0.25, 0.3) is 0 Å². The van der Waals surface area contributed by atoms with E-state index in [4.69, 9.17) is 5.73 Å². The minimum Gasteiger partial charge on any atom is -0.356 e. The molecule has 1 fully saturated rings. The van der Waals surface area contributed by atoms with Gasteiger partial charge in [0.1, 0.15) is 0 Å². The summed E-state index contributed by atoms with van der Waals surface area (Å²) >= 11 is 0. The number of hydrogen-bond acceptors (Lipinski definition) is 3. The molecule has 1 aliphatic rings. The average Bonchev–Trinajstić information content (AvgIpc) is 2.42. The van der Waals surface area contributed by atoms with Crippen LogP contribution in [0.5, 0.6) is 0 Å². The lowest BCUT2D eigenvalue weighted by Gasteiger charge is -2.29. The quantitative estimate of drug-likeness (QED) is 0.690. The van der Waals surface area contributed by atoms with Crippen LogP contribution < -0.4 is 11.1 Å². The van der Waals surface area contributed by atoms with Crippen LogP contribution in [0.15, 0.2) is 0 Å². The second kappa shape index (κ2) is 8.54. The van der Waals surface area contributed by atoms with Crippen molar-refractivity contribution in [2.75, 3.05) is 26.7 Å². The van der Waals surface area contributed by atoms with E-state index in [2.05, 4.69) is 31.1 Å². The fraction of sp³-hybridized carbons (Fsp3) is 0.933.